The zero-order valence-electron chi connectivity index (χ0n) is 10.1. The quantitative estimate of drug-likeness (QED) is 0.694. The van der Waals surface area contributed by atoms with Crippen LogP contribution in [0.2, 0.25) is 0 Å². The van der Waals surface area contributed by atoms with Crippen molar-refractivity contribution in [3.8, 4) is 5.75 Å². The van der Waals surface area contributed by atoms with E-state index in [2.05, 4.69) is 12.2 Å². The van der Waals surface area contributed by atoms with Crippen LogP contribution in [0, 0.1) is 0 Å². The molecule has 3 nitrogen and oxygen atoms in total. The summed E-state index contributed by atoms with van der Waals surface area (Å²) in [4.78, 5) is 0. The van der Waals surface area contributed by atoms with Gasteiger partial charge in [-0.05, 0) is 44.0 Å². The molecule has 0 aliphatic rings. The van der Waals surface area contributed by atoms with E-state index in [0.29, 0.717) is 11.8 Å². The van der Waals surface area contributed by atoms with Gasteiger partial charge in [-0.25, -0.2) is 0 Å². The molecule has 0 amide bonds. The Morgan fingerprint density at radius 1 is 1.31 bits per heavy atom. The molecule has 0 bridgehead atoms. The third-order valence-electron chi connectivity index (χ3n) is 2.49. The first-order chi connectivity index (χ1) is 7.72. The number of methoxy groups -OCH3 is 1. The predicted octanol–water partition coefficient (Wildman–Crippen LogP) is 1.95. The Morgan fingerprint density at radius 3 is 2.62 bits per heavy atom. The number of hydrogen-bond acceptors (Lipinski definition) is 3. The Balaban J connectivity index is 2.13. The molecule has 16 heavy (non-hydrogen) atoms. The number of benzene rings is 1. The first-order valence-corrected chi connectivity index (χ1v) is 5.72. The van der Waals surface area contributed by atoms with E-state index < -0.39 is 0 Å². The Labute approximate surface area is 97.4 Å². The molecule has 0 aromatic heterocycles. The molecule has 0 saturated carbocycles. The molecule has 1 atom stereocenters. The summed E-state index contributed by atoms with van der Waals surface area (Å²) in [5, 5.41) is 12.5. The Kier molecular flexibility index (Phi) is 5.90. The van der Waals surface area contributed by atoms with Crippen molar-refractivity contribution in [2.45, 2.75) is 25.8 Å². The number of aromatic hydroxyl groups is 1. The average Bonchev–Trinajstić information content (AvgIpc) is 2.27. The summed E-state index contributed by atoms with van der Waals surface area (Å²) in [7, 11) is 1.72. The van der Waals surface area contributed by atoms with Crippen molar-refractivity contribution in [1.29, 1.82) is 0 Å². The van der Waals surface area contributed by atoms with Gasteiger partial charge < -0.3 is 15.2 Å². The molecule has 0 heterocycles. The maximum absolute atomic E-state index is 9.13. The van der Waals surface area contributed by atoms with E-state index in [-0.39, 0.29) is 0 Å². The third kappa shape index (κ3) is 5.14. The van der Waals surface area contributed by atoms with Crippen molar-refractivity contribution in [2.75, 3.05) is 20.3 Å². The summed E-state index contributed by atoms with van der Waals surface area (Å²) in [6.07, 6.45) is 2.13. The van der Waals surface area contributed by atoms with Crippen LogP contribution in [-0.2, 0) is 11.2 Å². The number of phenols is 1. The molecule has 3 heteroatoms. The van der Waals surface area contributed by atoms with Crippen LogP contribution in [0.15, 0.2) is 24.3 Å². The number of ether oxygens (including phenoxy) is 1. The molecule has 1 aromatic carbocycles. The molecule has 1 aromatic rings. The highest BCUT2D eigenvalue weighted by Crippen LogP contribution is 2.10. The Morgan fingerprint density at radius 2 is 2.00 bits per heavy atom. The first-order valence-electron chi connectivity index (χ1n) is 5.72. The van der Waals surface area contributed by atoms with Crippen LogP contribution >= 0.6 is 0 Å². The molecule has 0 saturated heterocycles. The summed E-state index contributed by atoms with van der Waals surface area (Å²) in [5.41, 5.74) is 1.26. The second kappa shape index (κ2) is 7.25. The molecule has 0 aliphatic heterocycles. The number of aryl methyl sites for hydroxylation is 1. The SMILES string of the molecule is COCC(C)NCCCc1ccc(O)cc1. The molecule has 90 valence electrons. The van der Waals surface area contributed by atoms with Gasteiger partial charge in [-0.3, -0.25) is 0 Å². The van der Waals surface area contributed by atoms with Crippen LogP contribution in [0.5, 0.6) is 5.75 Å². The molecule has 1 rings (SSSR count). The van der Waals surface area contributed by atoms with E-state index in [1.807, 2.05) is 12.1 Å². The van der Waals surface area contributed by atoms with Gasteiger partial charge in [0.05, 0.1) is 6.61 Å². The van der Waals surface area contributed by atoms with Gasteiger partial charge >= 0.3 is 0 Å². The van der Waals surface area contributed by atoms with Gasteiger partial charge in [0.15, 0.2) is 0 Å². The summed E-state index contributed by atoms with van der Waals surface area (Å²) < 4.78 is 5.04. The highest BCUT2D eigenvalue weighted by molar-refractivity contribution is 5.25. The molecule has 0 aliphatic carbocycles. The zero-order chi connectivity index (χ0) is 11.8. The number of rotatable bonds is 7. The lowest BCUT2D eigenvalue weighted by Crippen LogP contribution is -2.31. The van der Waals surface area contributed by atoms with Gasteiger partial charge in [-0.2, -0.15) is 0 Å². The van der Waals surface area contributed by atoms with Crippen molar-refractivity contribution >= 4 is 0 Å². The van der Waals surface area contributed by atoms with Gasteiger partial charge in [0.1, 0.15) is 5.75 Å². The van der Waals surface area contributed by atoms with E-state index in [4.69, 9.17) is 9.84 Å². The van der Waals surface area contributed by atoms with Gasteiger partial charge in [0.2, 0.25) is 0 Å². The molecular weight excluding hydrogens is 202 g/mol. The summed E-state index contributed by atoms with van der Waals surface area (Å²) in [5.74, 6) is 0.329. The fourth-order valence-corrected chi connectivity index (χ4v) is 1.61. The second-order valence-corrected chi connectivity index (χ2v) is 4.08. The number of nitrogens with one attached hydrogen (secondary N) is 1. The van der Waals surface area contributed by atoms with Crippen LogP contribution in [-0.4, -0.2) is 31.4 Å². The molecule has 1 unspecified atom stereocenters. The van der Waals surface area contributed by atoms with Crippen molar-refractivity contribution in [2.24, 2.45) is 0 Å². The largest absolute Gasteiger partial charge is 0.508 e. The standard InChI is InChI=1S/C13H21NO2/c1-11(10-16-2)14-9-3-4-12-5-7-13(15)8-6-12/h5-8,11,14-15H,3-4,9-10H2,1-2H3. The number of hydrogen-bond donors (Lipinski definition) is 2. The minimum Gasteiger partial charge on any atom is -0.508 e. The van der Waals surface area contributed by atoms with E-state index in [1.54, 1.807) is 19.2 Å². The third-order valence-corrected chi connectivity index (χ3v) is 2.49. The van der Waals surface area contributed by atoms with Crippen molar-refractivity contribution in [1.82, 2.24) is 5.32 Å². The van der Waals surface area contributed by atoms with Crippen molar-refractivity contribution < 1.29 is 9.84 Å². The van der Waals surface area contributed by atoms with Crippen LogP contribution in [0.1, 0.15) is 18.9 Å². The van der Waals surface area contributed by atoms with E-state index in [0.717, 1.165) is 26.0 Å². The lowest BCUT2D eigenvalue weighted by atomic mass is 10.1. The highest BCUT2D eigenvalue weighted by Gasteiger charge is 1.99. The smallest absolute Gasteiger partial charge is 0.115 e. The van der Waals surface area contributed by atoms with Crippen LogP contribution < -0.4 is 5.32 Å². The van der Waals surface area contributed by atoms with Gasteiger partial charge in [-0.1, -0.05) is 12.1 Å². The van der Waals surface area contributed by atoms with Crippen LogP contribution in [0.3, 0.4) is 0 Å². The maximum atomic E-state index is 9.13. The Bertz CT molecular complexity index is 284. The monoisotopic (exact) mass is 223 g/mol. The predicted molar refractivity (Wildman–Crippen MR) is 65.8 cm³/mol. The maximum Gasteiger partial charge on any atom is 0.115 e. The summed E-state index contributed by atoms with van der Waals surface area (Å²) in [6.45, 7) is 3.86. The minimum absolute atomic E-state index is 0.329. The van der Waals surface area contributed by atoms with Gasteiger partial charge in [0.25, 0.3) is 0 Å². The molecule has 0 fully saturated rings. The topological polar surface area (TPSA) is 41.5 Å². The first kappa shape index (κ1) is 13.0. The highest BCUT2D eigenvalue weighted by atomic mass is 16.5. The molecular formula is C13H21NO2. The van der Waals surface area contributed by atoms with E-state index in [9.17, 15) is 0 Å². The van der Waals surface area contributed by atoms with E-state index >= 15 is 0 Å². The molecule has 0 spiro atoms. The molecule has 2 N–H and O–H groups in total. The fraction of sp³-hybridized carbons (Fsp3) is 0.538. The summed E-state index contributed by atoms with van der Waals surface area (Å²) >= 11 is 0. The van der Waals surface area contributed by atoms with Crippen LogP contribution in [0.25, 0.3) is 0 Å². The van der Waals surface area contributed by atoms with Crippen LogP contribution in [0.4, 0.5) is 0 Å². The minimum atomic E-state index is 0.329. The fourth-order valence-electron chi connectivity index (χ4n) is 1.61. The normalized spacial score (nSPS) is 12.6. The average molecular weight is 223 g/mol. The molecule has 0 radical (unpaired) electrons. The van der Waals surface area contributed by atoms with E-state index in [1.165, 1.54) is 5.56 Å². The lowest BCUT2D eigenvalue weighted by molar-refractivity contribution is 0.172. The summed E-state index contributed by atoms with van der Waals surface area (Å²) in [6, 6.07) is 7.80. The Hall–Kier alpha value is -1.06. The van der Waals surface area contributed by atoms with Crippen molar-refractivity contribution in [3.05, 3.63) is 29.8 Å². The van der Waals surface area contributed by atoms with Gasteiger partial charge in [0, 0.05) is 13.2 Å². The zero-order valence-corrected chi connectivity index (χ0v) is 10.1. The van der Waals surface area contributed by atoms with Gasteiger partial charge in [-0.15, -0.1) is 0 Å². The second-order valence-electron chi connectivity index (χ2n) is 4.08. The lowest BCUT2D eigenvalue weighted by Gasteiger charge is -2.12. The number of phenolic OH excluding ortho intramolecular Hbond substituents is 1. The van der Waals surface area contributed by atoms with Crippen molar-refractivity contribution in [3.63, 3.8) is 0 Å².